The first kappa shape index (κ1) is 19.9. The maximum absolute atomic E-state index is 12.4. The van der Waals surface area contributed by atoms with Gasteiger partial charge < -0.3 is 10.6 Å². The number of halogens is 3. The van der Waals surface area contributed by atoms with Crippen LogP contribution in [0.5, 0.6) is 0 Å². The van der Waals surface area contributed by atoms with Crippen LogP contribution in [0.3, 0.4) is 0 Å². The molecule has 132 valence electrons. The zero-order chi connectivity index (χ0) is 18.4. The first-order valence-electron chi connectivity index (χ1n) is 7.40. The van der Waals surface area contributed by atoms with Gasteiger partial charge in [-0.05, 0) is 31.2 Å². The lowest BCUT2D eigenvalue weighted by molar-refractivity contribution is 0.0938. The quantitative estimate of drug-likeness (QED) is 0.548. The minimum Gasteiger partial charge on any atom is -0.349 e. The third kappa shape index (κ3) is 6.44. The number of hydrogen-bond acceptors (Lipinski definition) is 3. The van der Waals surface area contributed by atoms with Crippen LogP contribution in [0.2, 0.25) is 0 Å². The number of carbonyl (C=O) groups is 1. The van der Waals surface area contributed by atoms with Crippen LogP contribution >= 0.6 is 47.0 Å². The molecule has 0 saturated carbocycles. The van der Waals surface area contributed by atoms with E-state index in [0.717, 1.165) is 11.3 Å². The van der Waals surface area contributed by atoms with Crippen LogP contribution < -0.4 is 10.6 Å². The number of amides is 1. The van der Waals surface area contributed by atoms with Crippen LogP contribution in [0.4, 0.5) is 5.69 Å². The summed E-state index contributed by atoms with van der Waals surface area (Å²) in [6, 6.07) is 9.91. The molecule has 2 N–H and O–H groups in total. The number of thiocarbonyl (C=S) groups is 1. The molecule has 0 bridgehead atoms. The van der Waals surface area contributed by atoms with Crippen molar-refractivity contribution in [3.05, 3.63) is 59.9 Å². The Morgan fingerprint density at radius 1 is 1.24 bits per heavy atom. The number of aryl methyl sites for hydroxylation is 1. The predicted octanol–water partition coefficient (Wildman–Crippen LogP) is 4.69. The number of nitrogens with one attached hydrogen (secondary N) is 2. The van der Waals surface area contributed by atoms with Crippen LogP contribution in [0, 0.1) is 6.92 Å². The zero-order valence-corrected chi connectivity index (χ0v) is 16.4. The Morgan fingerprint density at radius 3 is 2.48 bits per heavy atom. The number of pyridine rings is 1. The third-order valence-corrected chi connectivity index (χ3v) is 4.41. The minimum absolute atomic E-state index is 0.165. The van der Waals surface area contributed by atoms with E-state index in [4.69, 9.17) is 47.0 Å². The molecule has 1 aromatic carbocycles. The molecule has 1 aromatic heterocycles. The van der Waals surface area contributed by atoms with E-state index in [1.807, 2.05) is 25.1 Å². The normalized spacial score (nSPS) is 12.3. The molecule has 8 heteroatoms. The van der Waals surface area contributed by atoms with Crippen LogP contribution in [-0.2, 0) is 0 Å². The van der Waals surface area contributed by atoms with Gasteiger partial charge in [0.25, 0.3) is 5.91 Å². The van der Waals surface area contributed by atoms with Crippen molar-refractivity contribution in [2.45, 2.75) is 23.2 Å². The summed E-state index contributed by atoms with van der Waals surface area (Å²) < 4.78 is -1.71. The summed E-state index contributed by atoms with van der Waals surface area (Å²) in [6.07, 6.45) is 3.44. The number of hydrogen-bond donors (Lipinski definition) is 2. The molecular weight excluding hydrogens is 401 g/mol. The summed E-state index contributed by atoms with van der Waals surface area (Å²) in [7, 11) is 0. The average molecular weight is 417 g/mol. The van der Waals surface area contributed by atoms with Crippen molar-refractivity contribution in [2.75, 3.05) is 5.32 Å². The number of anilines is 1. The molecule has 25 heavy (non-hydrogen) atoms. The Bertz CT molecular complexity index is 733. The van der Waals surface area contributed by atoms with E-state index in [2.05, 4.69) is 15.6 Å². The standard InChI is InChI=1S/C17H16Cl3N3OS/c1-11-4-6-12(7-5-11)16(24)23-14(17(18,19)20)9-15(25)22-13-3-2-8-21-10-13/h2-8,10,14H,9H2,1H3,(H,22,25)(H,23,24). The van der Waals surface area contributed by atoms with Gasteiger partial charge in [0.15, 0.2) is 0 Å². The lowest BCUT2D eigenvalue weighted by Crippen LogP contribution is -2.45. The Kier molecular flexibility index (Phi) is 7.02. The van der Waals surface area contributed by atoms with Crippen molar-refractivity contribution in [2.24, 2.45) is 0 Å². The van der Waals surface area contributed by atoms with Crippen LogP contribution in [-0.4, -0.2) is 25.7 Å². The summed E-state index contributed by atoms with van der Waals surface area (Å²) in [5.41, 5.74) is 2.26. The van der Waals surface area contributed by atoms with Gasteiger partial charge in [-0.15, -0.1) is 0 Å². The van der Waals surface area contributed by atoms with Gasteiger partial charge in [0.1, 0.15) is 0 Å². The predicted molar refractivity (Wildman–Crippen MR) is 108 cm³/mol. The number of rotatable bonds is 5. The number of carbonyl (C=O) groups excluding carboxylic acids is 1. The van der Waals surface area contributed by atoms with E-state index < -0.39 is 9.83 Å². The van der Waals surface area contributed by atoms with E-state index in [-0.39, 0.29) is 12.3 Å². The highest BCUT2D eigenvalue weighted by molar-refractivity contribution is 7.80. The van der Waals surface area contributed by atoms with E-state index in [1.54, 1.807) is 30.6 Å². The first-order valence-corrected chi connectivity index (χ1v) is 8.94. The molecule has 1 heterocycles. The van der Waals surface area contributed by atoms with Crippen molar-refractivity contribution in [1.82, 2.24) is 10.3 Å². The van der Waals surface area contributed by atoms with Crippen molar-refractivity contribution in [3.8, 4) is 0 Å². The highest BCUT2D eigenvalue weighted by Gasteiger charge is 2.34. The summed E-state index contributed by atoms with van der Waals surface area (Å²) in [5.74, 6) is -0.333. The lowest BCUT2D eigenvalue weighted by atomic mass is 10.1. The maximum Gasteiger partial charge on any atom is 0.251 e. The van der Waals surface area contributed by atoms with Crippen molar-refractivity contribution in [3.63, 3.8) is 0 Å². The molecule has 0 aliphatic rings. The van der Waals surface area contributed by atoms with Crippen LogP contribution in [0.15, 0.2) is 48.8 Å². The van der Waals surface area contributed by atoms with Gasteiger partial charge in [-0.1, -0.05) is 64.7 Å². The van der Waals surface area contributed by atoms with Crippen molar-refractivity contribution >= 4 is 63.6 Å². The van der Waals surface area contributed by atoms with Gasteiger partial charge in [0.2, 0.25) is 3.79 Å². The third-order valence-electron chi connectivity index (χ3n) is 3.35. The highest BCUT2D eigenvalue weighted by Crippen LogP contribution is 2.32. The van der Waals surface area contributed by atoms with E-state index in [1.165, 1.54) is 0 Å². The van der Waals surface area contributed by atoms with E-state index in [9.17, 15) is 4.79 Å². The monoisotopic (exact) mass is 415 g/mol. The number of benzene rings is 1. The highest BCUT2D eigenvalue weighted by atomic mass is 35.6. The number of alkyl halides is 3. The van der Waals surface area contributed by atoms with Crippen LogP contribution in [0.1, 0.15) is 22.3 Å². The van der Waals surface area contributed by atoms with Crippen LogP contribution in [0.25, 0.3) is 0 Å². The van der Waals surface area contributed by atoms with Crippen molar-refractivity contribution in [1.29, 1.82) is 0 Å². The van der Waals surface area contributed by atoms with Gasteiger partial charge in [-0.3, -0.25) is 9.78 Å². The maximum atomic E-state index is 12.4. The second-order valence-electron chi connectivity index (χ2n) is 5.43. The lowest BCUT2D eigenvalue weighted by Gasteiger charge is -2.26. The Labute approximate surface area is 166 Å². The molecule has 0 aliphatic heterocycles. The van der Waals surface area contributed by atoms with Gasteiger partial charge in [-0.2, -0.15) is 0 Å². The summed E-state index contributed by atoms with van der Waals surface area (Å²) >= 11 is 23.4. The molecule has 0 aliphatic carbocycles. The summed E-state index contributed by atoms with van der Waals surface area (Å²) in [4.78, 5) is 16.8. The SMILES string of the molecule is Cc1ccc(C(=O)NC(CC(=S)Nc2cccnc2)C(Cl)(Cl)Cl)cc1. The molecule has 0 fully saturated rings. The summed E-state index contributed by atoms with van der Waals surface area (Å²) in [6.45, 7) is 1.94. The largest absolute Gasteiger partial charge is 0.349 e. The molecule has 0 saturated heterocycles. The van der Waals surface area contributed by atoms with Gasteiger partial charge in [0, 0.05) is 18.2 Å². The molecule has 2 aromatic rings. The Morgan fingerprint density at radius 2 is 1.92 bits per heavy atom. The molecule has 1 atom stereocenters. The van der Waals surface area contributed by atoms with Gasteiger partial charge in [-0.25, -0.2) is 0 Å². The number of aromatic nitrogens is 1. The van der Waals surface area contributed by atoms with Crippen molar-refractivity contribution < 1.29 is 4.79 Å². The smallest absolute Gasteiger partial charge is 0.251 e. The molecule has 0 spiro atoms. The first-order chi connectivity index (χ1) is 11.8. The fraction of sp³-hybridized carbons (Fsp3) is 0.235. The fourth-order valence-corrected chi connectivity index (χ4v) is 2.71. The van der Waals surface area contributed by atoms with E-state index >= 15 is 0 Å². The molecule has 4 nitrogen and oxygen atoms in total. The second-order valence-corrected chi connectivity index (χ2v) is 8.29. The fourth-order valence-electron chi connectivity index (χ4n) is 2.03. The molecule has 2 rings (SSSR count). The average Bonchev–Trinajstić information content (AvgIpc) is 2.54. The Balaban J connectivity index is 2.04. The summed E-state index contributed by atoms with van der Waals surface area (Å²) in [5, 5.41) is 5.74. The topological polar surface area (TPSA) is 54.0 Å². The van der Waals surface area contributed by atoms with Gasteiger partial charge >= 0.3 is 0 Å². The zero-order valence-electron chi connectivity index (χ0n) is 13.3. The van der Waals surface area contributed by atoms with Gasteiger partial charge in [0.05, 0.1) is 22.9 Å². The molecule has 1 amide bonds. The molecule has 1 unspecified atom stereocenters. The molecular formula is C17H16Cl3N3OS. The number of nitrogens with zero attached hydrogens (tertiary/aromatic N) is 1. The Hall–Kier alpha value is -1.40. The van der Waals surface area contributed by atoms with E-state index in [0.29, 0.717) is 10.6 Å². The minimum atomic E-state index is -1.71. The molecule has 0 radical (unpaired) electrons. The second kappa shape index (κ2) is 8.81.